The third kappa shape index (κ3) is 2.49. The van der Waals surface area contributed by atoms with Crippen molar-refractivity contribution < 1.29 is 19.1 Å². The van der Waals surface area contributed by atoms with E-state index in [-0.39, 0.29) is 17.9 Å². The summed E-state index contributed by atoms with van der Waals surface area (Å²) in [6.07, 6.45) is 6.64. The molecule has 1 saturated carbocycles. The molecule has 3 aliphatic rings. The van der Waals surface area contributed by atoms with Crippen LogP contribution in [-0.2, 0) is 19.1 Å². The molecule has 0 aromatic carbocycles. The smallest absolute Gasteiger partial charge is 0.371 e. The van der Waals surface area contributed by atoms with Gasteiger partial charge in [0.15, 0.2) is 0 Å². The van der Waals surface area contributed by atoms with Crippen molar-refractivity contribution in [3.05, 3.63) is 0 Å². The lowest BCUT2D eigenvalue weighted by Gasteiger charge is -2.32. The molecule has 0 aromatic rings. The summed E-state index contributed by atoms with van der Waals surface area (Å²) in [5.74, 6) is -1.76. The van der Waals surface area contributed by atoms with Crippen LogP contribution < -0.4 is 5.48 Å². The average molecular weight is 297 g/mol. The summed E-state index contributed by atoms with van der Waals surface area (Å²) in [5.41, 5.74) is 3.05. The predicted octanol–water partition coefficient (Wildman–Crippen LogP) is 2.89. The maximum atomic E-state index is 12.6. The first kappa shape index (κ1) is 15.3. The summed E-state index contributed by atoms with van der Waals surface area (Å²) in [4.78, 5) is 18.3. The van der Waals surface area contributed by atoms with Gasteiger partial charge in [-0.1, -0.05) is 27.2 Å². The SMILES string of the molecule is CCC1C(CC(C)C)NOC12OC1(CCCCC1)OC2=O. The van der Waals surface area contributed by atoms with Crippen molar-refractivity contribution in [2.24, 2.45) is 11.8 Å². The van der Waals surface area contributed by atoms with Gasteiger partial charge in [0.05, 0.1) is 0 Å². The highest BCUT2D eigenvalue weighted by Crippen LogP contribution is 2.49. The Morgan fingerprint density at radius 3 is 2.62 bits per heavy atom. The Kier molecular flexibility index (Phi) is 4.01. The predicted molar refractivity (Wildman–Crippen MR) is 77.0 cm³/mol. The van der Waals surface area contributed by atoms with Gasteiger partial charge in [-0.3, -0.25) is 9.57 Å². The number of carbonyl (C=O) groups excluding carboxylic acids is 1. The van der Waals surface area contributed by atoms with Gasteiger partial charge in [-0.25, -0.2) is 4.79 Å². The molecule has 1 N–H and O–H groups in total. The van der Waals surface area contributed by atoms with Crippen LogP contribution in [0.25, 0.3) is 0 Å². The Labute approximate surface area is 126 Å². The molecule has 0 amide bonds. The Hall–Kier alpha value is -0.650. The average Bonchev–Trinajstić information content (AvgIpc) is 2.90. The van der Waals surface area contributed by atoms with Crippen molar-refractivity contribution in [2.45, 2.75) is 83.3 Å². The highest BCUT2D eigenvalue weighted by atomic mass is 16.9. The van der Waals surface area contributed by atoms with E-state index in [1.165, 1.54) is 6.42 Å². The number of hydroxylamine groups is 1. The second kappa shape index (κ2) is 5.52. The van der Waals surface area contributed by atoms with Crippen LogP contribution in [0.3, 0.4) is 0 Å². The van der Waals surface area contributed by atoms with Gasteiger partial charge in [0.1, 0.15) is 0 Å². The molecule has 2 saturated heterocycles. The van der Waals surface area contributed by atoms with Gasteiger partial charge in [-0.05, 0) is 31.6 Å². The summed E-state index contributed by atoms with van der Waals surface area (Å²) in [5, 5.41) is 0. The van der Waals surface area contributed by atoms with Crippen molar-refractivity contribution >= 4 is 5.97 Å². The molecule has 0 radical (unpaired) electrons. The fourth-order valence-electron chi connectivity index (χ4n) is 4.02. The molecule has 3 atom stereocenters. The quantitative estimate of drug-likeness (QED) is 0.812. The monoisotopic (exact) mass is 297 g/mol. The number of hydrogen-bond donors (Lipinski definition) is 1. The van der Waals surface area contributed by atoms with Crippen LogP contribution in [0, 0.1) is 11.8 Å². The summed E-state index contributed by atoms with van der Waals surface area (Å²) in [6.45, 7) is 6.43. The van der Waals surface area contributed by atoms with Crippen LogP contribution in [0.4, 0.5) is 0 Å². The van der Waals surface area contributed by atoms with E-state index in [0.29, 0.717) is 5.92 Å². The van der Waals surface area contributed by atoms with E-state index in [9.17, 15) is 4.79 Å². The lowest BCUT2D eigenvalue weighted by atomic mass is 9.85. The van der Waals surface area contributed by atoms with Gasteiger partial charge >= 0.3 is 5.97 Å². The Balaban J connectivity index is 1.81. The van der Waals surface area contributed by atoms with E-state index in [2.05, 4.69) is 26.3 Å². The van der Waals surface area contributed by atoms with Crippen LogP contribution in [0.15, 0.2) is 0 Å². The zero-order valence-corrected chi connectivity index (χ0v) is 13.3. The third-order valence-electron chi connectivity index (χ3n) is 5.02. The summed E-state index contributed by atoms with van der Waals surface area (Å²) < 4.78 is 11.9. The summed E-state index contributed by atoms with van der Waals surface area (Å²) in [7, 11) is 0. The number of ether oxygens (including phenoxy) is 2. The molecule has 120 valence electrons. The number of rotatable bonds is 3. The highest BCUT2D eigenvalue weighted by Gasteiger charge is 2.67. The van der Waals surface area contributed by atoms with E-state index in [1.807, 2.05) is 0 Å². The van der Waals surface area contributed by atoms with Gasteiger partial charge in [0.2, 0.25) is 5.79 Å². The van der Waals surface area contributed by atoms with Gasteiger partial charge in [-0.2, -0.15) is 5.48 Å². The lowest BCUT2D eigenvalue weighted by molar-refractivity contribution is -0.281. The van der Waals surface area contributed by atoms with Crippen molar-refractivity contribution in [1.29, 1.82) is 0 Å². The van der Waals surface area contributed by atoms with Crippen LogP contribution in [-0.4, -0.2) is 23.6 Å². The number of carbonyl (C=O) groups is 1. The molecular weight excluding hydrogens is 270 g/mol. The molecule has 5 nitrogen and oxygen atoms in total. The summed E-state index contributed by atoms with van der Waals surface area (Å²) >= 11 is 0. The minimum Gasteiger partial charge on any atom is -0.429 e. The van der Waals surface area contributed by atoms with E-state index in [0.717, 1.165) is 38.5 Å². The van der Waals surface area contributed by atoms with Gasteiger partial charge < -0.3 is 4.74 Å². The van der Waals surface area contributed by atoms with Crippen molar-refractivity contribution in [3.63, 3.8) is 0 Å². The third-order valence-corrected chi connectivity index (χ3v) is 5.02. The second-order valence-corrected chi connectivity index (χ2v) is 7.10. The zero-order chi connectivity index (χ0) is 15.1. The Morgan fingerprint density at radius 1 is 1.29 bits per heavy atom. The van der Waals surface area contributed by atoms with Crippen molar-refractivity contribution in [1.82, 2.24) is 5.48 Å². The standard InChI is InChI=1S/C16H27NO4/c1-4-12-13(10-11(2)3)17-21-16(12)14(18)19-15(20-16)8-6-5-7-9-15/h11-13,17H,4-10H2,1-3H3. The van der Waals surface area contributed by atoms with Crippen LogP contribution in [0.5, 0.6) is 0 Å². The molecule has 2 heterocycles. The number of nitrogens with one attached hydrogen (secondary N) is 1. The Morgan fingerprint density at radius 2 is 2.00 bits per heavy atom. The van der Waals surface area contributed by atoms with Crippen LogP contribution >= 0.6 is 0 Å². The van der Waals surface area contributed by atoms with Gasteiger partial charge in [0.25, 0.3) is 5.79 Å². The maximum absolute atomic E-state index is 12.6. The number of esters is 1. The molecule has 2 aliphatic heterocycles. The van der Waals surface area contributed by atoms with Crippen molar-refractivity contribution in [2.75, 3.05) is 0 Å². The minimum absolute atomic E-state index is 0.00806. The molecule has 1 aliphatic carbocycles. The molecule has 2 spiro atoms. The molecule has 21 heavy (non-hydrogen) atoms. The number of hydrogen-bond acceptors (Lipinski definition) is 5. The highest BCUT2D eigenvalue weighted by molar-refractivity contribution is 5.80. The van der Waals surface area contributed by atoms with E-state index in [4.69, 9.17) is 14.3 Å². The van der Waals surface area contributed by atoms with E-state index in [1.54, 1.807) is 0 Å². The first-order valence-electron chi connectivity index (χ1n) is 8.38. The van der Waals surface area contributed by atoms with E-state index >= 15 is 0 Å². The first-order valence-corrected chi connectivity index (χ1v) is 8.38. The molecule has 3 unspecified atom stereocenters. The fraction of sp³-hybridized carbons (Fsp3) is 0.938. The molecule has 0 aromatic heterocycles. The topological polar surface area (TPSA) is 56.8 Å². The maximum Gasteiger partial charge on any atom is 0.371 e. The second-order valence-electron chi connectivity index (χ2n) is 7.10. The molecule has 5 heteroatoms. The first-order chi connectivity index (χ1) is 10.0. The fourth-order valence-corrected chi connectivity index (χ4v) is 4.02. The minimum atomic E-state index is -1.23. The molecule has 3 fully saturated rings. The zero-order valence-electron chi connectivity index (χ0n) is 13.3. The largest absolute Gasteiger partial charge is 0.429 e. The molecule has 0 bridgehead atoms. The molecule has 3 rings (SSSR count). The Bertz CT molecular complexity index is 405. The summed E-state index contributed by atoms with van der Waals surface area (Å²) in [6, 6.07) is 0.140. The van der Waals surface area contributed by atoms with Gasteiger partial charge in [0, 0.05) is 24.8 Å². The molecular formula is C16H27NO4. The normalized spacial score (nSPS) is 38.6. The van der Waals surface area contributed by atoms with Crippen LogP contribution in [0.2, 0.25) is 0 Å². The van der Waals surface area contributed by atoms with E-state index < -0.39 is 11.6 Å². The van der Waals surface area contributed by atoms with Crippen LogP contribution in [0.1, 0.15) is 65.7 Å². The van der Waals surface area contributed by atoms with Crippen molar-refractivity contribution in [3.8, 4) is 0 Å². The van der Waals surface area contributed by atoms with Gasteiger partial charge in [-0.15, -0.1) is 0 Å². The lowest BCUT2D eigenvalue weighted by Crippen LogP contribution is -2.45.